The molecule has 0 spiro atoms. The molecular weight excluding hydrogens is 268 g/mol. The molecule has 1 aliphatic rings. The van der Waals surface area contributed by atoms with E-state index in [0.29, 0.717) is 19.7 Å². The summed E-state index contributed by atoms with van der Waals surface area (Å²) in [6, 6.07) is 0. The Morgan fingerprint density at radius 1 is 1.05 bits per heavy atom. The highest BCUT2D eigenvalue weighted by molar-refractivity contribution is 6.35. The molecule has 0 aromatic rings. The van der Waals surface area contributed by atoms with Gasteiger partial charge >= 0.3 is 11.8 Å². The SMILES string of the molecule is CC(C)OCCCNC(=O)C(=O)NCCC1CCCCC1. The van der Waals surface area contributed by atoms with E-state index in [9.17, 15) is 9.59 Å². The van der Waals surface area contributed by atoms with E-state index in [1.165, 1.54) is 32.1 Å². The van der Waals surface area contributed by atoms with Crippen molar-refractivity contribution in [1.29, 1.82) is 0 Å². The van der Waals surface area contributed by atoms with Gasteiger partial charge in [-0.25, -0.2) is 0 Å². The fourth-order valence-electron chi connectivity index (χ4n) is 2.62. The molecule has 5 heteroatoms. The minimum atomic E-state index is -0.539. The van der Waals surface area contributed by atoms with Crippen LogP contribution in [0.1, 0.15) is 58.8 Å². The van der Waals surface area contributed by atoms with Crippen molar-refractivity contribution in [3.63, 3.8) is 0 Å². The smallest absolute Gasteiger partial charge is 0.309 e. The van der Waals surface area contributed by atoms with Crippen molar-refractivity contribution in [2.75, 3.05) is 19.7 Å². The molecule has 1 fully saturated rings. The van der Waals surface area contributed by atoms with Crippen LogP contribution in [0.3, 0.4) is 0 Å². The summed E-state index contributed by atoms with van der Waals surface area (Å²) >= 11 is 0. The Bertz CT molecular complexity index is 313. The molecule has 0 saturated heterocycles. The molecule has 0 aromatic carbocycles. The molecule has 21 heavy (non-hydrogen) atoms. The molecule has 0 radical (unpaired) electrons. The lowest BCUT2D eigenvalue weighted by Crippen LogP contribution is -2.41. The van der Waals surface area contributed by atoms with Crippen molar-refractivity contribution in [3.05, 3.63) is 0 Å². The van der Waals surface area contributed by atoms with E-state index in [1.54, 1.807) is 0 Å². The normalized spacial score (nSPS) is 16.0. The first kappa shape index (κ1) is 18.0. The maximum atomic E-state index is 11.6. The highest BCUT2D eigenvalue weighted by Crippen LogP contribution is 2.25. The predicted octanol–water partition coefficient (Wildman–Crippen LogP) is 2.00. The van der Waals surface area contributed by atoms with Gasteiger partial charge in [0.25, 0.3) is 0 Å². The largest absolute Gasteiger partial charge is 0.379 e. The Morgan fingerprint density at radius 3 is 2.29 bits per heavy atom. The van der Waals surface area contributed by atoms with Crippen LogP contribution in [-0.2, 0) is 14.3 Å². The molecule has 1 rings (SSSR count). The summed E-state index contributed by atoms with van der Waals surface area (Å²) in [5.41, 5.74) is 0. The minimum absolute atomic E-state index is 0.198. The molecule has 0 bridgehead atoms. The number of amides is 2. The minimum Gasteiger partial charge on any atom is -0.379 e. The van der Waals surface area contributed by atoms with Gasteiger partial charge in [0, 0.05) is 19.7 Å². The topological polar surface area (TPSA) is 67.4 Å². The summed E-state index contributed by atoms with van der Waals surface area (Å²) in [4.78, 5) is 23.2. The molecule has 1 aliphatic carbocycles. The summed E-state index contributed by atoms with van der Waals surface area (Å²) in [5.74, 6) is -0.339. The van der Waals surface area contributed by atoms with Crippen LogP contribution >= 0.6 is 0 Å². The van der Waals surface area contributed by atoms with Gasteiger partial charge in [0.15, 0.2) is 0 Å². The van der Waals surface area contributed by atoms with Crippen LogP contribution in [-0.4, -0.2) is 37.6 Å². The summed E-state index contributed by atoms with van der Waals surface area (Å²) < 4.78 is 5.36. The molecule has 5 nitrogen and oxygen atoms in total. The van der Waals surface area contributed by atoms with Gasteiger partial charge in [0.2, 0.25) is 0 Å². The van der Waals surface area contributed by atoms with Crippen LogP contribution in [0.4, 0.5) is 0 Å². The van der Waals surface area contributed by atoms with Crippen LogP contribution in [0, 0.1) is 5.92 Å². The van der Waals surface area contributed by atoms with E-state index < -0.39 is 11.8 Å². The third-order valence-corrected chi connectivity index (χ3v) is 3.83. The van der Waals surface area contributed by atoms with E-state index in [4.69, 9.17) is 4.74 Å². The zero-order valence-electron chi connectivity index (χ0n) is 13.5. The number of rotatable bonds is 8. The Kier molecular flexibility index (Phi) is 9.06. The summed E-state index contributed by atoms with van der Waals surface area (Å²) in [5, 5.41) is 5.32. The first-order chi connectivity index (χ1) is 10.1. The molecule has 2 N–H and O–H groups in total. The second-order valence-electron chi connectivity index (χ2n) is 6.08. The number of ether oxygens (including phenoxy) is 1. The van der Waals surface area contributed by atoms with Crippen molar-refractivity contribution < 1.29 is 14.3 Å². The average Bonchev–Trinajstić information content (AvgIpc) is 2.47. The van der Waals surface area contributed by atoms with Crippen molar-refractivity contribution in [1.82, 2.24) is 10.6 Å². The second kappa shape index (κ2) is 10.6. The van der Waals surface area contributed by atoms with Gasteiger partial charge in [-0.15, -0.1) is 0 Å². The Morgan fingerprint density at radius 2 is 1.67 bits per heavy atom. The molecule has 0 aromatic heterocycles. The number of carbonyl (C=O) groups excluding carboxylic acids is 2. The van der Waals surface area contributed by atoms with Gasteiger partial charge in [0.05, 0.1) is 6.10 Å². The molecule has 2 amide bonds. The molecule has 1 saturated carbocycles. The first-order valence-corrected chi connectivity index (χ1v) is 8.27. The number of hydrogen-bond acceptors (Lipinski definition) is 3. The fourth-order valence-corrected chi connectivity index (χ4v) is 2.62. The van der Waals surface area contributed by atoms with Crippen LogP contribution in [0.15, 0.2) is 0 Å². The van der Waals surface area contributed by atoms with E-state index in [0.717, 1.165) is 18.8 Å². The maximum Gasteiger partial charge on any atom is 0.309 e. The van der Waals surface area contributed by atoms with Crippen LogP contribution in [0.2, 0.25) is 0 Å². The Hall–Kier alpha value is -1.10. The molecule has 0 aliphatic heterocycles. The average molecular weight is 298 g/mol. The predicted molar refractivity (Wildman–Crippen MR) is 82.9 cm³/mol. The van der Waals surface area contributed by atoms with E-state index in [1.807, 2.05) is 13.8 Å². The molecule has 122 valence electrons. The number of carbonyl (C=O) groups is 2. The molecule has 0 atom stereocenters. The molecular formula is C16H30N2O3. The Labute approximate surface area is 128 Å². The van der Waals surface area contributed by atoms with Gasteiger partial charge in [-0.1, -0.05) is 32.1 Å². The highest BCUT2D eigenvalue weighted by Gasteiger charge is 2.15. The lowest BCUT2D eigenvalue weighted by atomic mass is 9.87. The standard InChI is InChI=1S/C16H30N2O3/c1-13(2)21-12-6-10-17-15(19)16(20)18-11-9-14-7-4-3-5-8-14/h13-14H,3-12H2,1-2H3,(H,17,19)(H,18,20). The molecule has 0 unspecified atom stereocenters. The van der Waals surface area contributed by atoms with E-state index >= 15 is 0 Å². The monoisotopic (exact) mass is 298 g/mol. The lowest BCUT2D eigenvalue weighted by molar-refractivity contribution is -0.139. The number of nitrogens with one attached hydrogen (secondary N) is 2. The van der Waals surface area contributed by atoms with E-state index in [-0.39, 0.29) is 6.10 Å². The van der Waals surface area contributed by atoms with Crippen molar-refractivity contribution in [2.45, 2.75) is 64.9 Å². The fraction of sp³-hybridized carbons (Fsp3) is 0.875. The van der Waals surface area contributed by atoms with Gasteiger partial charge in [-0.3, -0.25) is 9.59 Å². The quantitative estimate of drug-likeness (QED) is 0.532. The Balaban J connectivity index is 2.01. The van der Waals surface area contributed by atoms with Crippen molar-refractivity contribution >= 4 is 11.8 Å². The van der Waals surface area contributed by atoms with Crippen molar-refractivity contribution in [3.8, 4) is 0 Å². The third kappa shape index (κ3) is 8.71. The van der Waals surface area contributed by atoms with Crippen LogP contribution in [0.25, 0.3) is 0 Å². The summed E-state index contributed by atoms with van der Waals surface area (Å²) in [6.07, 6.45) is 8.38. The zero-order chi connectivity index (χ0) is 15.5. The van der Waals surface area contributed by atoms with E-state index in [2.05, 4.69) is 10.6 Å². The lowest BCUT2D eigenvalue weighted by Gasteiger charge is -2.21. The van der Waals surface area contributed by atoms with Crippen LogP contribution in [0.5, 0.6) is 0 Å². The summed E-state index contributed by atoms with van der Waals surface area (Å²) in [6.45, 7) is 5.62. The van der Waals surface area contributed by atoms with Gasteiger partial charge in [-0.2, -0.15) is 0 Å². The molecule has 0 heterocycles. The number of hydrogen-bond donors (Lipinski definition) is 2. The van der Waals surface area contributed by atoms with Crippen LogP contribution < -0.4 is 10.6 Å². The second-order valence-corrected chi connectivity index (χ2v) is 6.08. The van der Waals surface area contributed by atoms with Crippen molar-refractivity contribution in [2.24, 2.45) is 5.92 Å². The highest BCUT2D eigenvalue weighted by atomic mass is 16.5. The zero-order valence-corrected chi connectivity index (χ0v) is 13.5. The maximum absolute atomic E-state index is 11.6. The third-order valence-electron chi connectivity index (χ3n) is 3.83. The van der Waals surface area contributed by atoms with Gasteiger partial charge in [0.1, 0.15) is 0 Å². The van der Waals surface area contributed by atoms with Gasteiger partial charge in [-0.05, 0) is 32.6 Å². The summed E-state index contributed by atoms with van der Waals surface area (Å²) in [7, 11) is 0. The van der Waals surface area contributed by atoms with Gasteiger partial charge < -0.3 is 15.4 Å². The first-order valence-electron chi connectivity index (χ1n) is 8.27.